The van der Waals surface area contributed by atoms with Crippen LogP contribution in [-0.2, 0) is 0 Å². The number of hydrogen-bond acceptors (Lipinski definition) is 3. The number of aryl methyl sites for hydroxylation is 1. The van der Waals surface area contributed by atoms with E-state index in [2.05, 4.69) is 15.6 Å². The molecule has 1 atom stereocenters. The van der Waals surface area contributed by atoms with Crippen LogP contribution in [0.15, 0.2) is 6.07 Å². The Labute approximate surface area is 121 Å². The maximum atomic E-state index is 11.8. The van der Waals surface area contributed by atoms with Gasteiger partial charge in [-0.05, 0) is 31.6 Å². The van der Waals surface area contributed by atoms with Crippen molar-refractivity contribution in [2.75, 3.05) is 17.6 Å². The van der Waals surface area contributed by atoms with Crippen molar-refractivity contribution < 1.29 is 14.7 Å². The number of H-pyrrole nitrogens is 1. The number of carbonyl (C=O) groups excluding carboxylic acids is 1. The van der Waals surface area contributed by atoms with Crippen molar-refractivity contribution in [1.29, 1.82) is 0 Å². The molecule has 0 aliphatic carbocycles. The maximum absolute atomic E-state index is 11.8. The van der Waals surface area contributed by atoms with Crippen LogP contribution in [-0.4, -0.2) is 39.6 Å². The number of aromatic amines is 1. The highest BCUT2D eigenvalue weighted by Crippen LogP contribution is 2.24. The molecule has 1 fully saturated rings. The summed E-state index contributed by atoms with van der Waals surface area (Å²) in [5, 5.41) is 14.9. The summed E-state index contributed by atoms with van der Waals surface area (Å²) in [5.41, 5.74) is 0.994. The zero-order valence-corrected chi connectivity index (χ0v) is 12.2. The lowest BCUT2D eigenvalue weighted by atomic mass is 10.2. The Kier molecular flexibility index (Phi) is 4.94. The Bertz CT molecular complexity index is 495. The van der Waals surface area contributed by atoms with Crippen molar-refractivity contribution in [1.82, 2.24) is 10.3 Å². The average molecular weight is 297 g/mol. The molecule has 2 amide bonds. The predicted molar refractivity (Wildman–Crippen MR) is 79.6 cm³/mol. The third kappa shape index (κ3) is 3.93. The van der Waals surface area contributed by atoms with Gasteiger partial charge >= 0.3 is 12.0 Å². The Hall–Kier alpha value is -1.63. The summed E-state index contributed by atoms with van der Waals surface area (Å²) in [7, 11) is 0. The first-order chi connectivity index (χ1) is 9.56. The number of thioether (sulfide) groups is 1. The number of carboxylic acids is 1. The summed E-state index contributed by atoms with van der Waals surface area (Å²) in [6.45, 7) is 2.36. The highest BCUT2D eigenvalue weighted by Gasteiger charge is 2.17. The number of aromatic nitrogens is 1. The van der Waals surface area contributed by atoms with E-state index in [9.17, 15) is 9.59 Å². The molecule has 1 aliphatic heterocycles. The van der Waals surface area contributed by atoms with E-state index in [1.165, 1.54) is 12.8 Å². The standard InChI is InChI=1S/C13H19N3O3S/c1-8-6-10(11(15-8)12(17)18)16-13(19)14-7-9-4-2-3-5-20-9/h6,9,15H,2-5,7H2,1H3,(H,17,18)(H2,14,16,19). The van der Waals surface area contributed by atoms with Crippen LogP contribution in [0.2, 0.25) is 0 Å². The molecule has 0 spiro atoms. The number of anilines is 1. The van der Waals surface area contributed by atoms with Crippen molar-refractivity contribution in [3.63, 3.8) is 0 Å². The molecule has 1 aromatic heterocycles. The highest BCUT2D eigenvalue weighted by molar-refractivity contribution is 7.99. The predicted octanol–water partition coefficient (Wildman–Crippen LogP) is 2.43. The monoisotopic (exact) mass is 297 g/mol. The van der Waals surface area contributed by atoms with Crippen LogP contribution < -0.4 is 10.6 Å². The fourth-order valence-corrected chi connectivity index (χ4v) is 3.44. The number of carboxylic acid groups (broad SMARTS) is 1. The SMILES string of the molecule is Cc1cc(NC(=O)NCC2CCCCS2)c(C(=O)O)[nH]1. The second kappa shape index (κ2) is 6.69. The molecule has 7 heteroatoms. The summed E-state index contributed by atoms with van der Waals surface area (Å²) in [6.07, 6.45) is 3.58. The van der Waals surface area contributed by atoms with Gasteiger partial charge in [-0.15, -0.1) is 0 Å². The van der Waals surface area contributed by atoms with Crippen LogP contribution in [0, 0.1) is 6.92 Å². The quantitative estimate of drug-likeness (QED) is 0.686. The van der Waals surface area contributed by atoms with E-state index in [-0.39, 0.29) is 11.7 Å². The fourth-order valence-electron chi connectivity index (χ4n) is 2.20. The third-order valence-electron chi connectivity index (χ3n) is 3.18. The van der Waals surface area contributed by atoms with Crippen molar-refractivity contribution in [2.45, 2.75) is 31.4 Å². The van der Waals surface area contributed by atoms with Gasteiger partial charge in [0.25, 0.3) is 0 Å². The molecule has 1 saturated heterocycles. The van der Waals surface area contributed by atoms with Gasteiger partial charge < -0.3 is 20.7 Å². The number of carbonyl (C=O) groups is 2. The zero-order valence-electron chi connectivity index (χ0n) is 11.4. The van der Waals surface area contributed by atoms with Crippen LogP contribution in [0.4, 0.5) is 10.5 Å². The summed E-state index contributed by atoms with van der Waals surface area (Å²) in [4.78, 5) is 25.5. The van der Waals surface area contributed by atoms with Crippen LogP contribution in [0.3, 0.4) is 0 Å². The lowest BCUT2D eigenvalue weighted by Gasteiger charge is -2.21. The number of amides is 2. The zero-order chi connectivity index (χ0) is 14.5. The molecule has 110 valence electrons. The topological polar surface area (TPSA) is 94.2 Å². The minimum absolute atomic E-state index is 0.00434. The second-order valence-electron chi connectivity index (χ2n) is 4.87. The molecule has 1 aromatic rings. The largest absolute Gasteiger partial charge is 0.477 e. The van der Waals surface area contributed by atoms with Gasteiger partial charge in [0.05, 0.1) is 5.69 Å². The normalized spacial score (nSPS) is 18.6. The van der Waals surface area contributed by atoms with Gasteiger partial charge in [0, 0.05) is 17.5 Å². The van der Waals surface area contributed by atoms with E-state index in [1.54, 1.807) is 13.0 Å². The molecule has 4 N–H and O–H groups in total. The minimum atomic E-state index is -1.09. The Morgan fingerprint density at radius 1 is 1.50 bits per heavy atom. The minimum Gasteiger partial charge on any atom is -0.477 e. The van der Waals surface area contributed by atoms with E-state index in [4.69, 9.17) is 5.11 Å². The van der Waals surface area contributed by atoms with E-state index in [0.29, 0.717) is 23.2 Å². The summed E-state index contributed by atoms with van der Waals surface area (Å²) < 4.78 is 0. The van der Waals surface area contributed by atoms with E-state index >= 15 is 0 Å². The molecular formula is C13H19N3O3S. The summed E-state index contributed by atoms with van der Waals surface area (Å²) in [5.74, 6) is 0.0601. The first-order valence-electron chi connectivity index (χ1n) is 6.65. The number of rotatable bonds is 4. The summed E-state index contributed by atoms with van der Waals surface area (Å²) in [6, 6.07) is 1.25. The number of aromatic carboxylic acids is 1. The molecule has 1 unspecified atom stereocenters. The smallest absolute Gasteiger partial charge is 0.354 e. The van der Waals surface area contributed by atoms with E-state index in [1.807, 2.05) is 11.8 Å². The van der Waals surface area contributed by atoms with Crippen LogP contribution in [0.25, 0.3) is 0 Å². The van der Waals surface area contributed by atoms with E-state index < -0.39 is 5.97 Å². The van der Waals surface area contributed by atoms with Gasteiger partial charge in [-0.2, -0.15) is 11.8 Å². The van der Waals surface area contributed by atoms with Gasteiger partial charge in [0.15, 0.2) is 0 Å². The molecule has 0 saturated carbocycles. The average Bonchev–Trinajstić information content (AvgIpc) is 2.79. The van der Waals surface area contributed by atoms with E-state index in [0.717, 1.165) is 12.2 Å². The lowest BCUT2D eigenvalue weighted by Crippen LogP contribution is -2.35. The van der Waals surface area contributed by atoms with Gasteiger partial charge in [-0.3, -0.25) is 0 Å². The molecule has 0 aromatic carbocycles. The van der Waals surface area contributed by atoms with Crippen molar-refractivity contribution in [3.8, 4) is 0 Å². The molecular weight excluding hydrogens is 278 g/mol. The molecule has 20 heavy (non-hydrogen) atoms. The Balaban J connectivity index is 1.86. The third-order valence-corrected chi connectivity index (χ3v) is 4.58. The van der Waals surface area contributed by atoms with Crippen LogP contribution in [0.1, 0.15) is 35.4 Å². The maximum Gasteiger partial charge on any atom is 0.354 e. The van der Waals surface area contributed by atoms with Gasteiger partial charge in [-0.1, -0.05) is 6.42 Å². The summed E-state index contributed by atoms with van der Waals surface area (Å²) >= 11 is 1.88. The molecule has 2 rings (SSSR count). The molecule has 0 bridgehead atoms. The van der Waals surface area contributed by atoms with Crippen molar-refractivity contribution in [3.05, 3.63) is 17.5 Å². The first kappa shape index (κ1) is 14.8. The first-order valence-corrected chi connectivity index (χ1v) is 7.70. The second-order valence-corrected chi connectivity index (χ2v) is 6.28. The molecule has 1 aliphatic rings. The molecule has 6 nitrogen and oxygen atoms in total. The molecule has 2 heterocycles. The van der Waals surface area contributed by atoms with Gasteiger partial charge in [-0.25, -0.2) is 9.59 Å². The van der Waals surface area contributed by atoms with Crippen molar-refractivity contribution in [2.24, 2.45) is 0 Å². The number of nitrogens with one attached hydrogen (secondary N) is 3. The van der Waals surface area contributed by atoms with Crippen LogP contribution >= 0.6 is 11.8 Å². The fraction of sp³-hybridized carbons (Fsp3) is 0.538. The van der Waals surface area contributed by atoms with Crippen LogP contribution in [0.5, 0.6) is 0 Å². The van der Waals surface area contributed by atoms with Gasteiger partial charge in [0.2, 0.25) is 0 Å². The van der Waals surface area contributed by atoms with Gasteiger partial charge in [0.1, 0.15) is 5.69 Å². The lowest BCUT2D eigenvalue weighted by molar-refractivity contribution is 0.0692. The Morgan fingerprint density at radius 2 is 2.30 bits per heavy atom. The molecule has 0 radical (unpaired) electrons. The van der Waals surface area contributed by atoms with Crippen molar-refractivity contribution >= 4 is 29.4 Å². The highest BCUT2D eigenvalue weighted by atomic mass is 32.2. The number of hydrogen-bond donors (Lipinski definition) is 4. The number of urea groups is 1. The Morgan fingerprint density at radius 3 is 2.95 bits per heavy atom.